The van der Waals surface area contributed by atoms with Gasteiger partial charge in [-0.1, -0.05) is 6.07 Å². The summed E-state index contributed by atoms with van der Waals surface area (Å²) >= 11 is 0. The van der Waals surface area contributed by atoms with Crippen LogP contribution in [0.3, 0.4) is 0 Å². The Morgan fingerprint density at radius 1 is 1.54 bits per heavy atom. The number of fused-ring (bicyclic) bond motifs is 5. The SMILES string of the molecule is COc1cc2ccc1NC(=O)OC2. The van der Waals surface area contributed by atoms with E-state index < -0.39 is 6.09 Å². The Bertz CT molecular complexity index is 349. The molecule has 2 heterocycles. The first kappa shape index (κ1) is 7.91. The van der Waals surface area contributed by atoms with Gasteiger partial charge in [-0.25, -0.2) is 4.79 Å². The van der Waals surface area contributed by atoms with Crippen molar-refractivity contribution in [2.75, 3.05) is 12.4 Å². The summed E-state index contributed by atoms with van der Waals surface area (Å²) in [5, 5.41) is 2.57. The number of hydrogen-bond donors (Lipinski definition) is 1. The Kier molecular flexibility index (Phi) is 1.81. The van der Waals surface area contributed by atoms with E-state index in [0.29, 0.717) is 11.4 Å². The maximum absolute atomic E-state index is 11.0. The van der Waals surface area contributed by atoms with E-state index in [-0.39, 0.29) is 6.61 Å². The van der Waals surface area contributed by atoms with Crippen molar-refractivity contribution in [1.82, 2.24) is 0 Å². The molecule has 0 radical (unpaired) electrons. The average molecular weight is 179 g/mol. The minimum Gasteiger partial charge on any atom is -0.495 e. The minimum absolute atomic E-state index is 0.280. The molecule has 1 N–H and O–H groups in total. The van der Waals surface area contributed by atoms with Crippen molar-refractivity contribution < 1.29 is 14.3 Å². The molecule has 1 aromatic rings. The van der Waals surface area contributed by atoms with Crippen molar-refractivity contribution in [1.29, 1.82) is 0 Å². The maximum atomic E-state index is 11.0. The number of benzene rings is 1. The van der Waals surface area contributed by atoms with Gasteiger partial charge >= 0.3 is 6.09 Å². The Morgan fingerprint density at radius 2 is 2.38 bits per heavy atom. The molecule has 0 saturated carbocycles. The lowest BCUT2D eigenvalue weighted by atomic mass is 10.2. The standard InChI is InChI=1S/C9H9NO3/c1-12-8-4-6-2-3-7(8)10-9(11)13-5-6/h2-4H,5H2,1H3,(H,10,11). The van der Waals surface area contributed by atoms with Crippen molar-refractivity contribution in [3.63, 3.8) is 0 Å². The third-order valence-corrected chi connectivity index (χ3v) is 1.87. The van der Waals surface area contributed by atoms with Gasteiger partial charge in [-0.15, -0.1) is 0 Å². The van der Waals surface area contributed by atoms with Crippen LogP contribution >= 0.6 is 0 Å². The normalized spacial score (nSPS) is 14.1. The predicted octanol–water partition coefficient (Wildman–Crippen LogP) is 1.76. The fourth-order valence-electron chi connectivity index (χ4n) is 1.22. The van der Waals surface area contributed by atoms with Crippen LogP contribution in [0.4, 0.5) is 10.5 Å². The van der Waals surface area contributed by atoms with Crippen molar-refractivity contribution in [3.8, 4) is 5.75 Å². The monoisotopic (exact) mass is 179 g/mol. The largest absolute Gasteiger partial charge is 0.495 e. The van der Waals surface area contributed by atoms with Crippen LogP contribution in [-0.4, -0.2) is 13.2 Å². The van der Waals surface area contributed by atoms with Crippen LogP contribution in [0, 0.1) is 0 Å². The second-order valence-corrected chi connectivity index (χ2v) is 2.74. The van der Waals surface area contributed by atoms with E-state index in [1.807, 2.05) is 12.1 Å². The van der Waals surface area contributed by atoms with E-state index in [0.717, 1.165) is 5.56 Å². The smallest absolute Gasteiger partial charge is 0.412 e. The zero-order valence-electron chi connectivity index (χ0n) is 7.16. The molecule has 4 heteroatoms. The van der Waals surface area contributed by atoms with Gasteiger partial charge in [-0.2, -0.15) is 0 Å². The first-order valence-corrected chi connectivity index (χ1v) is 3.90. The molecule has 2 aliphatic rings. The molecule has 0 aliphatic carbocycles. The molecule has 0 fully saturated rings. The summed E-state index contributed by atoms with van der Waals surface area (Å²) in [5.74, 6) is 0.661. The zero-order valence-corrected chi connectivity index (χ0v) is 7.16. The van der Waals surface area contributed by atoms with E-state index >= 15 is 0 Å². The van der Waals surface area contributed by atoms with Crippen molar-refractivity contribution >= 4 is 11.8 Å². The highest BCUT2D eigenvalue weighted by Crippen LogP contribution is 2.27. The number of methoxy groups -OCH3 is 1. The molecule has 1 amide bonds. The molecule has 0 atom stereocenters. The van der Waals surface area contributed by atoms with Gasteiger partial charge < -0.3 is 9.47 Å². The zero-order chi connectivity index (χ0) is 9.26. The second-order valence-electron chi connectivity index (χ2n) is 2.74. The molecule has 0 spiro atoms. The Morgan fingerprint density at radius 3 is 3.15 bits per heavy atom. The first-order valence-electron chi connectivity index (χ1n) is 3.90. The fourth-order valence-corrected chi connectivity index (χ4v) is 1.22. The third-order valence-electron chi connectivity index (χ3n) is 1.87. The summed E-state index contributed by atoms with van der Waals surface area (Å²) in [6.45, 7) is 0.280. The highest BCUT2D eigenvalue weighted by atomic mass is 16.5. The lowest BCUT2D eigenvalue weighted by Gasteiger charge is -2.15. The molecule has 13 heavy (non-hydrogen) atoms. The van der Waals surface area contributed by atoms with Gasteiger partial charge in [-0.05, 0) is 17.7 Å². The Hall–Kier alpha value is -1.71. The maximum Gasteiger partial charge on any atom is 0.412 e. The van der Waals surface area contributed by atoms with E-state index in [9.17, 15) is 4.79 Å². The fraction of sp³-hybridized carbons (Fsp3) is 0.222. The predicted molar refractivity (Wildman–Crippen MR) is 46.8 cm³/mol. The number of carbonyl (C=O) groups is 1. The molecule has 1 aromatic carbocycles. The number of amides is 1. The van der Waals surface area contributed by atoms with E-state index in [4.69, 9.17) is 9.47 Å². The van der Waals surface area contributed by atoms with Crippen LogP contribution in [0.2, 0.25) is 0 Å². The summed E-state index contributed by atoms with van der Waals surface area (Å²) in [7, 11) is 1.57. The van der Waals surface area contributed by atoms with E-state index in [1.165, 1.54) is 0 Å². The lowest BCUT2D eigenvalue weighted by molar-refractivity contribution is 0.154. The molecule has 0 aromatic heterocycles. The molecule has 3 rings (SSSR count). The number of rotatable bonds is 1. The van der Waals surface area contributed by atoms with Crippen molar-refractivity contribution in [2.24, 2.45) is 0 Å². The Balaban J connectivity index is 2.47. The Labute approximate surface area is 75.5 Å². The van der Waals surface area contributed by atoms with Crippen LogP contribution in [0.1, 0.15) is 5.56 Å². The number of anilines is 1. The van der Waals surface area contributed by atoms with E-state index in [2.05, 4.69) is 5.32 Å². The first-order chi connectivity index (χ1) is 6.29. The average Bonchev–Trinajstić information content (AvgIpc) is 2.12. The lowest BCUT2D eigenvalue weighted by Crippen LogP contribution is -2.16. The molecule has 2 aliphatic heterocycles. The van der Waals surface area contributed by atoms with Crippen LogP contribution in [-0.2, 0) is 11.3 Å². The molecule has 0 saturated heterocycles. The molecule has 4 nitrogen and oxygen atoms in total. The van der Waals surface area contributed by atoms with Gasteiger partial charge in [0, 0.05) is 0 Å². The topological polar surface area (TPSA) is 47.6 Å². The summed E-state index contributed by atoms with van der Waals surface area (Å²) < 4.78 is 9.94. The molecule has 2 bridgehead atoms. The van der Waals surface area contributed by atoms with Crippen LogP contribution < -0.4 is 10.1 Å². The number of hydrogen-bond acceptors (Lipinski definition) is 3. The summed E-state index contributed by atoms with van der Waals surface area (Å²) in [4.78, 5) is 11.0. The molecule has 68 valence electrons. The highest BCUT2D eigenvalue weighted by Gasteiger charge is 2.13. The highest BCUT2D eigenvalue weighted by molar-refractivity contribution is 5.87. The van der Waals surface area contributed by atoms with Crippen molar-refractivity contribution in [3.05, 3.63) is 23.8 Å². The van der Waals surface area contributed by atoms with E-state index in [1.54, 1.807) is 13.2 Å². The van der Waals surface area contributed by atoms with Gasteiger partial charge in [0.2, 0.25) is 0 Å². The number of nitrogens with one attached hydrogen (secondary N) is 1. The van der Waals surface area contributed by atoms with Gasteiger partial charge in [0.25, 0.3) is 0 Å². The number of ether oxygens (including phenoxy) is 2. The molecular weight excluding hydrogens is 170 g/mol. The third kappa shape index (κ3) is 1.42. The summed E-state index contributed by atoms with van der Waals surface area (Å²) in [6.07, 6.45) is -0.445. The van der Waals surface area contributed by atoms with Crippen LogP contribution in [0.25, 0.3) is 0 Å². The van der Waals surface area contributed by atoms with Crippen LogP contribution in [0.5, 0.6) is 5.75 Å². The van der Waals surface area contributed by atoms with Gasteiger partial charge in [0.1, 0.15) is 12.4 Å². The number of carbonyl (C=O) groups excluding carboxylic acids is 1. The van der Waals surface area contributed by atoms with Crippen LogP contribution in [0.15, 0.2) is 18.2 Å². The molecular formula is C9H9NO3. The summed E-state index contributed by atoms with van der Waals surface area (Å²) in [6, 6.07) is 5.53. The molecule has 0 unspecified atom stereocenters. The van der Waals surface area contributed by atoms with Gasteiger partial charge in [-0.3, -0.25) is 5.32 Å². The second kappa shape index (κ2) is 2.97. The quantitative estimate of drug-likeness (QED) is 0.714. The van der Waals surface area contributed by atoms with Gasteiger partial charge in [0.05, 0.1) is 12.8 Å². The van der Waals surface area contributed by atoms with Gasteiger partial charge in [0.15, 0.2) is 0 Å². The minimum atomic E-state index is -0.445. The van der Waals surface area contributed by atoms with Crippen molar-refractivity contribution in [2.45, 2.75) is 6.61 Å². The summed E-state index contributed by atoms with van der Waals surface area (Å²) in [5.41, 5.74) is 1.56.